The van der Waals surface area contributed by atoms with Crippen molar-refractivity contribution in [3.63, 3.8) is 0 Å². The van der Waals surface area contributed by atoms with Gasteiger partial charge in [-0.2, -0.15) is 0 Å². The van der Waals surface area contributed by atoms with Gasteiger partial charge in [-0.15, -0.1) is 11.3 Å². The molecule has 0 saturated carbocycles. The molecule has 1 aliphatic heterocycles. The molecular weight excluding hydrogens is 354 g/mol. The second-order valence-corrected chi connectivity index (χ2v) is 9.89. The van der Waals surface area contributed by atoms with Gasteiger partial charge in [-0.3, -0.25) is 4.79 Å². The lowest BCUT2D eigenvalue weighted by molar-refractivity contribution is -0.134. The SMILES string of the molecule is COc1ccc([C@@H]2c3ccsc3CCN2C(=O)C[C@@H](C)CC(C)(C)C)cc1. The second kappa shape index (κ2) is 8.05. The summed E-state index contributed by atoms with van der Waals surface area (Å²) < 4.78 is 5.31. The number of ether oxygens (including phenoxy) is 1. The number of amides is 1. The Bertz CT molecular complexity index is 772. The van der Waals surface area contributed by atoms with E-state index in [2.05, 4.69) is 56.2 Å². The molecule has 2 aromatic rings. The van der Waals surface area contributed by atoms with Crippen LogP contribution in [0.5, 0.6) is 5.75 Å². The van der Waals surface area contributed by atoms with Crippen molar-refractivity contribution in [1.82, 2.24) is 4.90 Å². The lowest BCUT2D eigenvalue weighted by atomic mass is 9.83. The minimum absolute atomic E-state index is 0.0141. The Balaban J connectivity index is 1.85. The van der Waals surface area contributed by atoms with Crippen molar-refractivity contribution in [3.8, 4) is 5.75 Å². The van der Waals surface area contributed by atoms with Gasteiger partial charge in [-0.25, -0.2) is 0 Å². The molecule has 1 amide bonds. The van der Waals surface area contributed by atoms with Crippen molar-refractivity contribution >= 4 is 17.2 Å². The topological polar surface area (TPSA) is 29.5 Å². The van der Waals surface area contributed by atoms with Gasteiger partial charge in [0.2, 0.25) is 5.91 Å². The first-order chi connectivity index (χ1) is 12.8. The second-order valence-electron chi connectivity index (χ2n) is 8.89. The summed E-state index contributed by atoms with van der Waals surface area (Å²) >= 11 is 1.80. The van der Waals surface area contributed by atoms with E-state index in [4.69, 9.17) is 4.74 Å². The van der Waals surface area contributed by atoms with Crippen LogP contribution in [0.15, 0.2) is 35.7 Å². The normalized spacial score (nSPS) is 18.1. The average molecular weight is 386 g/mol. The number of carbonyl (C=O) groups excluding carboxylic acids is 1. The van der Waals surface area contributed by atoms with E-state index in [0.717, 1.165) is 30.7 Å². The highest BCUT2D eigenvalue weighted by atomic mass is 32.1. The Morgan fingerprint density at radius 2 is 1.96 bits per heavy atom. The van der Waals surface area contributed by atoms with Gasteiger partial charge in [0.05, 0.1) is 13.2 Å². The minimum Gasteiger partial charge on any atom is -0.497 e. The van der Waals surface area contributed by atoms with Crippen molar-refractivity contribution in [1.29, 1.82) is 0 Å². The van der Waals surface area contributed by atoms with Gasteiger partial charge in [0.1, 0.15) is 5.75 Å². The Morgan fingerprint density at radius 1 is 1.26 bits per heavy atom. The Kier molecular flexibility index (Phi) is 5.95. The first-order valence-corrected chi connectivity index (χ1v) is 10.7. The molecule has 1 aromatic carbocycles. The fourth-order valence-corrected chi connectivity index (χ4v) is 5.17. The molecule has 4 heteroatoms. The monoisotopic (exact) mass is 385 g/mol. The van der Waals surface area contributed by atoms with Crippen molar-refractivity contribution in [2.24, 2.45) is 11.3 Å². The number of hydrogen-bond donors (Lipinski definition) is 0. The molecule has 0 aliphatic carbocycles. The van der Waals surface area contributed by atoms with E-state index in [9.17, 15) is 4.79 Å². The summed E-state index contributed by atoms with van der Waals surface area (Å²) in [5.41, 5.74) is 2.69. The molecule has 0 saturated heterocycles. The number of hydrogen-bond acceptors (Lipinski definition) is 3. The zero-order valence-corrected chi connectivity index (χ0v) is 17.9. The van der Waals surface area contributed by atoms with Crippen LogP contribution in [0.3, 0.4) is 0 Å². The van der Waals surface area contributed by atoms with Crippen LogP contribution in [0.4, 0.5) is 0 Å². The number of carbonyl (C=O) groups is 1. The van der Waals surface area contributed by atoms with Crippen LogP contribution < -0.4 is 4.74 Å². The van der Waals surface area contributed by atoms with E-state index in [1.165, 1.54) is 10.4 Å². The molecule has 27 heavy (non-hydrogen) atoms. The predicted octanol–water partition coefficient (Wildman–Crippen LogP) is 5.69. The third kappa shape index (κ3) is 4.73. The van der Waals surface area contributed by atoms with Crippen LogP contribution >= 0.6 is 11.3 Å². The van der Waals surface area contributed by atoms with Gasteiger partial charge in [0.15, 0.2) is 0 Å². The largest absolute Gasteiger partial charge is 0.497 e. The molecule has 3 rings (SSSR count). The Morgan fingerprint density at radius 3 is 2.59 bits per heavy atom. The molecule has 1 aromatic heterocycles. The van der Waals surface area contributed by atoms with Crippen molar-refractivity contribution in [2.45, 2.75) is 53.0 Å². The molecular formula is C23H31NO2S. The quantitative estimate of drug-likeness (QED) is 0.661. The van der Waals surface area contributed by atoms with Crippen LogP contribution in [-0.2, 0) is 11.2 Å². The number of nitrogens with zero attached hydrogens (tertiary/aromatic N) is 1. The molecule has 0 unspecified atom stereocenters. The Hall–Kier alpha value is -1.81. The first kappa shape index (κ1) is 19.9. The van der Waals surface area contributed by atoms with Crippen LogP contribution in [0.2, 0.25) is 0 Å². The van der Waals surface area contributed by atoms with E-state index in [0.29, 0.717) is 12.3 Å². The van der Waals surface area contributed by atoms with Gasteiger partial charge >= 0.3 is 0 Å². The molecule has 0 N–H and O–H groups in total. The minimum atomic E-state index is 0.0141. The lowest BCUT2D eigenvalue weighted by Gasteiger charge is -2.37. The molecule has 2 heterocycles. The first-order valence-electron chi connectivity index (χ1n) is 9.78. The summed E-state index contributed by atoms with van der Waals surface area (Å²) in [6.07, 6.45) is 2.63. The van der Waals surface area contributed by atoms with Gasteiger partial charge in [0.25, 0.3) is 0 Å². The van der Waals surface area contributed by atoms with E-state index in [-0.39, 0.29) is 17.4 Å². The number of thiophene rings is 1. The van der Waals surface area contributed by atoms with E-state index >= 15 is 0 Å². The van der Waals surface area contributed by atoms with Crippen LogP contribution in [0.25, 0.3) is 0 Å². The van der Waals surface area contributed by atoms with Crippen LogP contribution in [0, 0.1) is 11.3 Å². The highest BCUT2D eigenvalue weighted by Crippen LogP contribution is 2.39. The fraction of sp³-hybridized carbons (Fsp3) is 0.522. The van der Waals surface area contributed by atoms with Crippen LogP contribution in [0.1, 0.15) is 62.6 Å². The third-order valence-electron chi connectivity index (χ3n) is 5.20. The number of fused-ring (bicyclic) bond motifs is 1. The van der Waals surface area contributed by atoms with Gasteiger partial charge in [0, 0.05) is 17.8 Å². The molecule has 0 bridgehead atoms. The summed E-state index contributed by atoms with van der Waals surface area (Å²) in [6.45, 7) is 9.72. The molecule has 1 aliphatic rings. The fourth-order valence-electron chi connectivity index (χ4n) is 4.26. The van der Waals surface area contributed by atoms with Gasteiger partial charge in [-0.1, -0.05) is 39.8 Å². The maximum atomic E-state index is 13.2. The molecule has 2 atom stereocenters. The van der Waals surface area contributed by atoms with Crippen LogP contribution in [-0.4, -0.2) is 24.5 Å². The van der Waals surface area contributed by atoms with E-state index in [1.807, 2.05) is 12.1 Å². The molecule has 146 valence electrons. The molecule has 0 fully saturated rings. The van der Waals surface area contributed by atoms with E-state index in [1.54, 1.807) is 18.4 Å². The zero-order chi connectivity index (χ0) is 19.6. The number of rotatable bonds is 5. The smallest absolute Gasteiger partial charge is 0.223 e. The third-order valence-corrected chi connectivity index (χ3v) is 6.20. The lowest BCUT2D eigenvalue weighted by Crippen LogP contribution is -2.40. The number of benzene rings is 1. The molecule has 3 nitrogen and oxygen atoms in total. The van der Waals surface area contributed by atoms with Crippen molar-refractivity contribution in [3.05, 3.63) is 51.7 Å². The summed E-state index contributed by atoms with van der Waals surface area (Å²) in [6, 6.07) is 10.4. The average Bonchev–Trinajstić information content (AvgIpc) is 3.08. The van der Waals surface area contributed by atoms with Gasteiger partial charge in [-0.05, 0) is 58.9 Å². The predicted molar refractivity (Wildman–Crippen MR) is 112 cm³/mol. The maximum Gasteiger partial charge on any atom is 0.223 e. The summed E-state index contributed by atoms with van der Waals surface area (Å²) in [7, 11) is 1.68. The maximum absolute atomic E-state index is 13.2. The number of methoxy groups -OCH3 is 1. The standard InChI is InChI=1S/C23H31NO2S/c1-16(15-23(2,3)4)14-21(25)24-12-10-20-19(11-13-27-20)22(24)17-6-8-18(26-5)9-7-17/h6-9,11,13,16,22H,10,12,14-15H2,1-5H3/t16-,22-/m1/s1. The highest BCUT2D eigenvalue weighted by Gasteiger charge is 2.33. The molecule has 0 spiro atoms. The Labute approximate surface area is 167 Å². The van der Waals surface area contributed by atoms with Gasteiger partial charge < -0.3 is 9.64 Å². The van der Waals surface area contributed by atoms with E-state index < -0.39 is 0 Å². The molecule has 0 radical (unpaired) electrons. The van der Waals surface area contributed by atoms with Crippen molar-refractivity contribution < 1.29 is 9.53 Å². The summed E-state index contributed by atoms with van der Waals surface area (Å²) in [5, 5.41) is 2.15. The van der Waals surface area contributed by atoms with Crippen molar-refractivity contribution in [2.75, 3.05) is 13.7 Å². The zero-order valence-electron chi connectivity index (χ0n) is 17.1. The summed E-state index contributed by atoms with van der Waals surface area (Å²) in [5.74, 6) is 1.50. The summed E-state index contributed by atoms with van der Waals surface area (Å²) in [4.78, 5) is 16.7. The highest BCUT2D eigenvalue weighted by molar-refractivity contribution is 7.10.